The van der Waals surface area contributed by atoms with Gasteiger partial charge in [-0.15, -0.1) is 11.3 Å². The first-order chi connectivity index (χ1) is 15.5. The van der Waals surface area contributed by atoms with Crippen molar-refractivity contribution in [2.45, 2.75) is 12.6 Å². The Bertz CT molecular complexity index is 1180. The van der Waals surface area contributed by atoms with Crippen molar-refractivity contribution in [3.05, 3.63) is 63.4 Å². The molecule has 1 saturated heterocycles. The summed E-state index contributed by atoms with van der Waals surface area (Å²) in [5, 5.41) is 0.883. The smallest absolute Gasteiger partial charge is 0.248 e. The monoisotopic (exact) mass is 470 g/mol. The molecule has 1 atom stereocenters. The Morgan fingerprint density at radius 3 is 2.91 bits per heavy atom. The first-order valence-electron chi connectivity index (χ1n) is 10.1. The van der Waals surface area contributed by atoms with Gasteiger partial charge in [0.2, 0.25) is 11.8 Å². The van der Waals surface area contributed by atoms with Crippen molar-refractivity contribution in [3.8, 4) is 0 Å². The van der Waals surface area contributed by atoms with E-state index in [1.807, 2.05) is 24.3 Å². The number of rotatable bonds is 6. The van der Waals surface area contributed by atoms with Crippen LogP contribution >= 0.6 is 22.9 Å². The van der Waals surface area contributed by atoms with Gasteiger partial charge in [0.1, 0.15) is 6.04 Å². The van der Waals surface area contributed by atoms with Gasteiger partial charge in [-0.05, 0) is 35.9 Å². The van der Waals surface area contributed by atoms with Gasteiger partial charge in [0.05, 0.1) is 16.5 Å². The average molecular weight is 471 g/mol. The third-order valence-electron chi connectivity index (χ3n) is 5.39. The van der Waals surface area contributed by atoms with Crippen molar-refractivity contribution < 1.29 is 14.3 Å². The van der Waals surface area contributed by atoms with Crippen LogP contribution in [-0.4, -0.2) is 59.4 Å². The summed E-state index contributed by atoms with van der Waals surface area (Å²) in [5.74, 6) is -0.366. The number of amides is 2. The number of nitrogen functional groups attached to an aromatic ring is 1. The molecule has 0 radical (unpaired) electrons. The molecule has 2 aromatic heterocycles. The first-order valence-corrected chi connectivity index (χ1v) is 11.3. The van der Waals surface area contributed by atoms with E-state index in [1.165, 1.54) is 24.5 Å². The topological polar surface area (TPSA) is 88.8 Å². The Morgan fingerprint density at radius 2 is 2.16 bits per heavy atom. The Kier molecular flexibility index (Phi) is 6.74. The fourth-order valence-corrected chi connectivity index (χ4v) is 4.74. The fourth-order valence-electron chi connectivity index (χ4n) is 3.78. The van der Waals surface area contributed by atoms with E-state index < -0.39 is 6.04 Å². The lowest BCUT2D eigenvalue weighted by Crippen LogP contribution is -2.59. The highest BCUT2D eigenvalue weighted by molar-refractivity contribution is 7.17. The lowest BCUT2D eigenvalue weighted by Gasteiger charge is -2.40. The molecular formula is C23H23ClN4O3S. The zero-order valence-electron chi connectivity index (χ0n) is 17.5. The number of carbonyl (C=O) groups is 2. The largest absolute Gasteiger partial charge is 0.398 e. The summed E-state index contributed by atoms with van der Waals surface area (Å²) >= 11 is 7.33. The van der Waals surface area contributed by atoms with Gasteiger partial charge >= 0.3 is 0 Å². The molecule has 166 valence electrons. The van der Waals surface area contributed by atoms with Crippen LogP contribution in [0.25, 0.3) is 17.0 Å². The number of piperazine rings is 1. The number of nitrogens with two attached hydrogens (primary N) is 1. The summed E-state index contributed by atoms with van der Waals surface area (Å²) in [7, 11) is 1.53. The molecule has 1 aliphatic rings. The van der Waals surface area contributed by atoms with Crippen LogP contribution in [0, 0.1) is 0 Å². The normalized spacial score (nSPS) is 16.9. The highest BCUT2D eigenvalue weighted by atomic mass is 35.5. The van der Waals surface area contributed by atoms with Crippen LogP contribution in [0.2, 0.25) is 4.34 Å². The number of carbonyl (C=O) groups excluding carboxylic acids is 2. The van der Waals surface area contributed by atoms with Crippen molar-refractivity contribution in [2.75, 3.05) is 32.5 Å². The molecule has 2 N–H and O–H groups in total. The molecule has 32 heavy (non-hydrogen) atoms. The molecule has 4 rings (SSSR count). The van der Waals surface area contributed by atoms with Gasteiger partial charge < -0.3 is 20.3 Å². The summed E-state index contributed by atoms with van der Waals surface area (Å²) in [6, 6.07) is 10.5. The second kappa shape index (κ2) is 9.68. The average Bonchev–Trinajstić information content (AvgIpc) is 3.20. The number of hydrogen-bond acceptors (Lipinski definition) is 6. The van der Waals surface area contributed by atoms with Crippen LogP contribution in [0.3, 0.4) is 0 Å². The molecule has 1 aromatic carbocycles. The van der Waals surface area contributed by atoms with Gasteiger partial charge in [0, 0.05) is 55.0 Å². The molecule has 1 fully saturated rings. The van der Waals surface area contributed by atoms with Crippen molar-refractivity contribution in [3.63, 3.8) is 0 Å². The number of halogens is 1. The van der Waals surface area contributed by atoms with Gasteiger partial charge in [0.25, 0.3) is 0 Å². The number of fused-ring (bicyclic) bond motifs is 1. The van der Waals surface area contributed by atoms with Crippen LogP contribution in [-0.2, 0) is 20.9 Å². The summed E-state index contributed by atoms with van der Waals surface area (Å²) in [6.07, 6.45) is 4.86. The predicted octanol–water partition coefficient (Wildman–Crippen LogP) is 3.43. The summed E-state index contributed by atoms with van der Waals surface area (Å²) in [4.78, 5) is 34.6. The van der Waals surface area contributed by atoms with E-state index in [-0.39, 0.29) is 18.4 Å². The molecule has 0 bridgehead atoms. The zero-order chi connectivity index (χ0) is 22.7. The van der Waals surface area contributed by atoms with Crippen LogP contribution in [0.1, 0.15) is 10.4 Å². The third kappa shape index (κ3) is 4.77. The molecule has 1 aliphatic heterocycles. The van der Waals surface area contributed by atoms with Gasteiger partial charge in [-0.25, -0.2) is 0 Å². The Hall–Kier alpha value is -2.94. The summed E-state index contributed by atoms with van der Waals surface area (Å²) in [6.45, 7) is 1.42. The minimum absolute atomic E-state index is 0.134. The molecule has 7 nitrogen and oxygen atoms in total. The van der Waals surface area contributed by atoms with Crippen molar-refractivity contribution >= 4 is 57.4 Å². The lowest BCUT2D eigenvalue weighted by molar-refractivity contribution is -0.152. The van der Waals surface area contributed by atoms with E-state index in [4.69, 9.17) is 22.1 Å². The second-order valence-corrected chi connectivity index (χ2v) is 9.24. The van der Waals surface area contributed by atoms with Crippen LogP contribution in [0.5, 0.6) is 0 Å². The SMILES string of the molecule is COC[C@H]1C(=O)N(Cc2ccc3c(N)ccnc3c2)CCN1C(=O)C=Cc1ccc(Cl)s1. The number of hydrogen-bond donors (Lipinski definition) is 1. The molecule has 9 heteroatoms. The predicted molar refractivity (Wildman–Crippen MR) is 127 cm³/mol. The summed E-state index contributed by atoms with van der Waals surface area (Å²) in [5.41, 5.74) is 8.41. The fraction of sp³-hybridized carbons (Fsp3) is 0.261. The molecule has 3 aromatic rings. The van der Waals surface area contributed by atoms with Gasteiger partial charge in [-0.2, -0.15) is 0 Å². The highest BCUT2D eigenvalue weighted by Gasteiger charge is 2.36. The van der Waals surface area contributed by atoms with E-state index in [1.54, 1.807) is 34.2 Å². The maximum absolute atomic E-state index is 13.2. The zero-order valence-corrected chi connectivity index (χ0v) is 19.1. The maximum Gasteiger partial charge on any atom is 0.248 e. The molecule has 0 unspecified atom stereocenters. The molecule has 2 amide bonds. The van der Waals surface area contributed by atoms with Gasteiger partial charge in [-0.1, -0.05) is 23.7 Å². The third-order valence-corrected chi connectivity index (χ3v) is 6.59. The first kappa shape index (κ1) is 22.3. The number of nitrogens with zero attached hydrogens (tertiary/aromatic N) is 3. The highest BCUT2D eigenvalue weighted by Crippen LogP contribution is 2.24. The van der Waals surface area contributed by atoms with Crippen molar-refractivity contribution in [2.24, 2.45) is 0 Å². The van der Waals surface area contributed by atoms with E-state index in [0.717, 1.165) is 21.3 Å². The van der Waals surface area contributed by atoms with E-state index in [0.29, 0.717) is 29.7 Å². The number of pyridine rings is 1. The molecule has 0 spiro atoms. The molecular weight excluding hydrogens is 448 g/mol. The Labute approximate surface area is 195 Å². The second-order valence-electron chi connectivity index (χ2n) is 7.49. The van der Waals surface area contributed by atoms with Gasteiger partial charge in [-0.3, -0.25) is 14.6 Å². The quantitative estimate of drug-likeness (QED) is 0.557. The number of thiophene rings is 1. The molecule has 3 heterocycles. The van der Waals surface area contributed by atoms with E-state index in [2.05, 4.69) is 4.98 Å². The van der Waals surface area contributed by atoms with Crippen LogP contribution in [0.4, 0.5) is 5.69 Å². The Morgan fingerprint density at radius 1 is 1.31 bits per heavy atom. The Balaban J connectivity index is 1.48. The standard InChI is InChI=1S/C23H23ClN4O3S/c1-31-14-20-23(30)27(13-15-2-5-17-18(25)8-9-26-19(17)12-15)10-11-28(20)22(29)7-4-16-3-6-21(24)32-16/h2-9,12,20H,10-11,13-14H2,1H3,(H2,25,26)/t20-/m0/s1. The van der Waals surface area contributed by atoms with E-state index in [9.17, 15) is 9.59 Å². The van der Waals surface area contributed by atoms with Crippen LogP contribution in [0.15, 0.2) is 48.7 Å². The van der Waals surface area contributed by atoms with Crippen LogP contribution < -0.4 is 5.73 Å². The molecule has 0 aliphatic carbocycles. The minimum Gasteiger partial charge on any atom is -0.398 e. The van der Waals surface area contributed by atoms with Gasteiger partial charge in [0.15, 0.2) is 0 Å². The number of aromatic nitrogens is 1. The molecule has 0 saturated carbocycles. The van der Waals surface area contributed by atoms with E-state index >= 15 is 0 Å². The number of anilines is 1. The minimum atomic E-state index is -0.674. The lowest BCUT2D eigenvalue weighted by atomic mass is 10.1. The van der Waals surface area contributed by atoms with Crippen molar-refractivity contribution in [1.29, 1.82) is 0 Å². The number of methoxy groups -OCH3 is 1. The summed E-state index contributed by atoms with van der Waals surface area (Å²) < 4.78 is 5.92. The number of benzene rings is 1. The van der Waals surface area contributed by atoms with Crippen molar-refractivity contribution in [1.82, 2.24) is 14.8 Å². The maximum atomic E-state index is 13.2. The number of ether oxygens (including phenoxy) is 1.